The summed E-state index contributed by atoms with van der Waals surface area (Å²) in [4.78, 5) is 25.0. The molecule has 2 aliphatic heterocycles. The SMILES string of the molecule is C=C(C)C(=O)OC1CCC(C(OC(=C)C(=O)OCC2CC3SC2CC3CC(O)(C(F)(F)F)C(F)(F)F)(C(F)(F)F)C(F)(F)F)C2CCCCC12. The first-order chi connectivity index (χ1) is 22.7. The molecule has 4 aliphatic rings. The highest BCUT2D eigenvalue weighted by molar-refractivity contribution is 8.01. The number of ether oxygens (including phenoxy) is 3. The molecule has 19 heteroatoms. The number of carbonyl (C=O) groups excluding carboxylic acids is 2. The van der Waals surface area contributed by atoms with Crippen LogP contribution in [0.5, 0.6) is 0 Å². The molecule has 2 saturated carbocycles. The van der Waals surface area contributed by atoms with Crippen LogP contribution in [0.1, 0.15) is 64.7 Å². The lowest BCUT2D eigenvalue weighted by Gasteiger charge is -2.52. The minimum absolute atomic E-state index is 0.00324. The summed E-state index contributed by atoms with van der Waals surface area (Å²) >= 11 is 0.997. The van der Waals surface area contributed by atoms with E-state index < -0.39 is 119 Å². The number of alkyl halides is 12. The molecule has 4 rings (SSSR count). The molecule has 4 fully saturated rings. The number of esters is 2. The molecule has 286 valence electrons. The predicted octanol–water partition coefficient (Wildman–Crippen LogP) is 8.38. The molecule has 2 heterocycles. The third kappa shape index (κ3) is 7.45. The molecule has 50 heavy (non-hydrogen) atoms. The summed E-state index contributed by atoms with van der Waals surface area (Å²) in [5.74, 6) is -10.6. The first-order valence-corrected chi connectivity index (χ1v) is 16.8. The van der Waals surface area contributed by atoms with E-state index in [1.165, 1.54) is 6.92 Å². The lowest BCUT2D eigenvalue weighted by atomic mass is 9.59. The number of carbonyl (C=O) groups is 2. The quantitative estimate of drug-likeness (QED) is 0.104. The van der Waals surface area contributed by atoms with Crippen LogP contribution in [0.4, 0.5) is 52.7 Å². The minimum atomic E-state index is -6.12. The monoisotopic (exact) mass is 764 g/mol. The van der Waals surface area contributed by atoms with Crippen molar-refractivity contribution in [1.82, 2.24) is 0 Å². The Labute approximate surface area is 283 Å². The van der Waals surface area contributed by atoms with Crippen molar-refractivity contribution in [2.24, 2.45) is 29.6 Å². The second-order valence-corrected chi connectivity index (χ2v) is 15.1. The van der Waals surface area contributed by atoms with Gasteiger partial charge in [0.1, 0.15) is 6.10 Å². The van der Waals surface area contributed by atoms with E-state index in [1.807, 2.05) is 0 Å². The molecule has 0 aromatic heterocycles. The Morgan fingerprint density at radius 2 is 1.26 bits per heavy atom. The summed E-state index contributed by atoms with van der Waals surface area (Å²) in [6.45, 7) is 7.15. The first-order valence-electron chi connectivity index (χ1n) is 15.8. The fraction of sp³-hybridized carbons (Fsp3) is 0.806. The molecule has 2 bridgehead atoms. The van der Waals surface area contributed by atoms with Crippen molar-refractivity contribution in [3.05, 3.63) is 24.5 Å². The Morgan fingerprint density at radius 3 is 1.74 bits per heavy atom. The zero-order valence-corrected chi connectivity index (χ0v) is 27.4. The van der Waals surface area contributed by atoms with Gasteiger partial charge in [-0.25, -0.2) is 9.59 Å². The molecule has 6 nitrogen and oxygen atoms in total. The second kappa shape index (κ2) is 13.9. The maximum Gasteiger partial charge on any atom is 0.437 e. The maximum absolute atomic E-state index is 14.8. The van der Waals surface area contributed by atoms with Gasteiger partial charge in [0.05, 0.1) is 6.61 Å². The normalized spacial score (nSPS) is 30.8. The van der Waals surface area contributed by atoms with Crippen LogP contribution in [0.3, 0.4) is 0 Å². The first kappa shape index (κ1) is 40.5. The molecular weight excluding hydrogens is 728 g/mol. The van der Waals surface area contributed by atoms with Gasteiger partial charge in [-0.3, -0.25) is 0 Å². The van der Waals surface area contributed by atoms with Gasteiger partial charge in [-0.1, -0.05) is 19.4 Å². The van der Waals surface area contributed by atoms with Crippen molar-refractivity contribution in [2.45, 2.75) is 117 Å². The average molecular weight is 765 g/mol. The van der Waals surface area contributed by atoms with Crippen LogP contribution in [0, 0.1) is 29.6 Å². The van der Waals surface area contributed by atoms with Gasteiger partial charge >= 0.3 is 42.2 Å². The van der Waals surface area contributed by atoms with Crippen molar-refractivity contribution >= 4 is 23.7 Å². The number of fused-ring (bicyclic) bond motifs is 3. The Balaban J connectivity index is 1.47. The summed E-state index contributed by atoms with van der Waals surface area (Å²) in [6, 6.07) is 0. The van der Waals surface area contributed by atoms with E-state index in [0.717, 1.165) is 11.8 Å². The van der Waals surface area contributed by atoms with Gasteiger partial charge in [0.2, 0.25) is 0 Å². The summed E-state index contributed by atoms with van der Waals surface area (Å²) in [7, 11) is 0. The Kier molecular flexibility index (Phi) is 11.3. The van der Waals surface area contributed by atoms with E-state index in [9.17, 15) is 67.4 Å². The van der Waals surface area contributed by atoms with Gasteiger partial charge in [0.15, 0.2) is 5.76 Å². The molecular formula is C31H36F12O6S. The molecule has 0 amide bonds. The van der Waals surface area contributed by atoms with E-state index in [0.29, 0.717) is 12.8 Å². The molecule has 2 aliphatic carbocycles. The predicted molar refractivity (Wildman–Crippen MR) is 152 cm³/mol. The maximum atomic E-state index is 14.8. The van der Waals surface area contributed by atoms with Crippen LogP contribution in [0.2, 0.25) is 0 Å². The summed E-state index contributed by atoms with van der Waals surface area (Å²) in [6.07, 6.45) is -27.5. The highest BCUT2D eigenvalue weighted by atomic mass is 32.2. The number of thioether (sulfide) groups is 1. The molecule has 0 radical (unpaired) electrons. The standard InChI is InChI=1S/C31H36F12O6S/c1-14(2)24(44)48-21-9-8-20(18-6-4-5-7-19(18)21)27(30(38,39)40,31(41,42)43)49-15(3)25(45)47-13-17-11-22-16(10-23(17)50-22)12-26(46,28(32,33)34)29(35,36)37/h16-23,46H,1,3-13H2,2H3. The van der Waals surface area contributed by atoms with E-state index in [2.05, 4.69) is 17.9 Å². The molecule has 1 N–H and O–H groups in total. The van der Waals surface area contributed by atoms with Crippen molar-refractivity contribution in [3.63, 3.8) is 0 Å². The number of aliphatic hydroxyl groups is 1. The fourth-order valence-corrected chi connectivity index (χ4v) is 10.1. The van der Waals surface area contributed by atoms with Crippen molar-refractivity contribution in [3.8, 4) is 0 Å². The highest BCUT2D eigenvalue weighted by Crippen LogP contribution is 2.60. The second-order valence-electron chi connectivity index (χ2n) is 13.6. The van der Waals surface area contributed by atoms with Gasteiger partial charge in [-0.2, -0.15) is 64.4 Å². The van der Waals surface area contributed by atoms with Gasteiger partial charge in [-0.15, -0.1) is 0 Å². The lowest BCUT2D eigenvalue weighted by Crippen LogP contribution is -2.67. The van der Waals surface area contributed by atoms with Crippen molar-refractivity contribution in [2.75, 3.05) is 6.61 Å². The zero-order chi connectivity index (χ0) is 37.8. The third-order valence-corrected chi connectivity index (χ3v) is 12.4. The number of rotatable bonds is 10. The molecule has 2 saturated heterocycles. The van der Waals surface area contributed by atoms with Crippen LogP contribution in [0.15, 0.2) is 24.5 Å². The minimum Gasteiger partial charge on any atom is -0.461 e. The molecule has 8 unspecified atom stereocenters. The third-order valence-electron chi connectivity index (χ3n) is 10.5. The van der Waals surface area contributed by atoms with E-state index in [-0.39, 0.29) is 37.7 Å². The van der Waals surface area contributed by atoms with Gasteiger partial charge in [0, 0.05) is 27.9 Å². The summed E-state index contributed by atoms with van der Waals surface area (Å²) < 4.78 is 183. The van der Waals surface area contributed by atoms with Crippen LogP contribution >= 0.6 is 11.8 Å². The van der Waals surface area contributed by atoms with Crippen molar-refractivity contribution in [1.29, 1.82) is 0 Å². The van der Waals surface area contributed by atoms with E-state index in [1.54, 1.807) is 0 Å². The lowest BCUT2D eigenvalue weighted by molar-refractivity contribution is -0.397. The molecule has 0 aromatic rings. The van der Waals surface area contributed by atoms with Gasteiger partial charge < -0.3 is 19.3 Å². The number of hydrogen-bond acceptors (Lipinski definition) is 7. The van der Waals surface area contributed by atoms with Crippen LogP contribution in [-0.4, -0.2) is 76.2 Å². The zero-order valence-electron chi connectivity index (χ0n) is 26.5. The highest BCUT2D eigenvalue weighted by Gasteiger charge is 2.79. The van der Waals surface area contributed by atoms with E-state index in [4.69, 9.17) is 9.47 Å². The van der Waals surface area contributed by atoms with E-state index >= 15 is 0 Å². The van der Waals surface area contributed by atoms with Gasteiger partial charge in [0.25, 0.3) is 5.60 Å². The molecule has 8 atom stereocenters. The fourth-order valence-electron chi connectivity index (χ4n) is 8.09. The largest absolute Gasteiger partial charge is 0.461 e. The number of hydrogen-bond donors (Lipinski definition) is 1. The van der Waals surface area contributed by atoms with Crippen molar-refractivity contribution < 1.29 is 81.6 Å². The summed E-state index contributed by atoms with van der Waals surface area (Å²) in [5.41, 5.74) is -9.86. The van der Waals surface area contributed by atoms with Crippen LogP contribution in [0.25, 0.3) is 0 Å². The number of halogens is 12. The average Bonchev–Trinajstić information content (AvgIpc) is 3.56. The van der Waals surface area contributed by atoms with Gasteiger partial charge in [-0.05, 0) is 76.2 Å². The summed E-state index contributed by atoms with van der Waals surface area (Å²) in [5, 5.41) is 8.08. The van der Waals surface area contributed by atoms with Crippen LogP contribution in [-0.2, 0) is 23.8 Å². The van der Waals surface area contributed by atoms with Crippen LogP contribution < -0.4 is 0 Å². The molecule has 0 spiro atoms. The molecule has 0 aromatic carbocycles. The Morgan fingerprint density at radius 1 is 0.740 bits per heavy atom. The topological polar surface area (TPSA) is 82.1 Å². The Bertz CT molecular complexity index is 1280. The Hall–Kier alpha value is -2.31. The smallest absolute Gasteiger partial charge is 0.437 e.